The van der Waals surface area contributed by atoms with E-state index in [1.165, 1.54) is 11.3 Å². The van der Waals surface area contributed by atoms with Crippen LogP contribution in [0, 0.1) is 0 Å². The minimum absolute atomic E-state index is 0.624. The van der Waals surface area contributed by atoms with Crippen molar-refractivity contribution in [2.45, 2.75) is 0 Å². The first-order valence-electron chi connectivity index (χ1n) is 3.83. The van der Waals surface area contributed by atoms with Gasteiger partial charge in [-0.3, -0.25) is 4.40 Å². The molecular formula is C8H3Cl2N3S. The van der Waals surface area contributed by atoms with Crippen LogP contribution >= 0.6 is 34.5 Å². The number of halogens is 2. The third kappa shape index (κ3) is 1.05. The number of benzene rings is 1. The van der Waals surface area contributed by atoms with Gasteiger partial charge in [-0.2, -0.15) is 0 Å². The van der Waals surface area contributed by atoms with Gasteiger partial charge in [0, 0.05) is 5.02 Å². The lowest BCUT2D eigenvalue weighted by molar-refractivity contribution is 1.11. The number of aromatic nitrogens is 3. The van der Waals surface area contributed by atoms with Crippen molar-refractivity contribution >= 4 is 49.7 Å². The van der Waals surface area contributed by atoms with Crippen LogP contribution in [0.1, 0.15) is 0 Å². The summed E-state index contributed by atoms with van der Waals surface area (Å²) >= 11 is 13.5. The Bertz CT molecular complexity index is 628. The van der Waals surface area contributed by atoms with Gasteiger partial charge in [-0.05, 0) is 12.1 Å². The smallest absolute Gasteiger partial charge is 0.217 e. The highest BCUT2D eigenvalue weighted by Gasteiger charge is 2.10. The molecule has 0 atom stereocenters. The zero-order valence-corrected chi connectivity index (χ0v) is 9.07. The molecule has 0 radical (unpaired) electrons. The van der Waals surface area contributed by atoms with Crippen molar-refractivity contribution in [3.05, 3.63) is 28.5 Å². The van der Waals surface area contributed by atoms with Crippen LogP contribution in [-0.4, -0.2) is 14.6 Å². The van der Waals surface area contributed by atoms with E-state index >= 15 is 0 Å². The predicted molar refractivity (Wildman–Crippen MR) is 58.4 cm³/mol. The molecule has 3 aromatic rings. The summed E-state index contributed by atoms with van der Waals surface area (Å²) in [5.41, 5.74) is 0.918. The molecule has 0 unspecified atom stereocenters. The molecule has 2 aromatic heterocycles. The van der Waals surface area contributed by atoms with Gasteiger partial charge in [0.2, 0.25) is 4.96 Å². The van der Waals surface area contributed by atoms with Crippen LogP contribution in [0.15, 0.2) is 18.5 Å². The molecule has 0 spiro atoms. The minimum atomic E-state index is 0.624. The summed E-state index contributed by atoms with van der Waals surface area (Å²) in [6, 6.07) is 3.60. The Balaban J connectivity index is 2.62. The molecule has 0 aliphatic carbocycles. The van der Waals surface area contributed by atoms with Crippen molar-refractivity contribution < 1.29 is 0 Å². The lowest BCUT2D eigenvalue weighted by atomic mass is 10.3. The maximum Gasteiger partial charge on any atom is 0.217 e. The Hall–Kier alpha value is -0.840. The number of nitrogens with zero attached hydrogens (tertiary/aromatic N) is 3. The van der Waals surface area contributed by atoms with Crippen LogP contribution in [0.4, 0.5) is 0 Å². The van der Waals surface area contributed by atoms with E-state index in [0.29, 0.717) is 10.0 Å². The van der Waals surface area contributed by atoms with E-state index in [1.807, 2.05) is 10.5 Å². The Morgan fingerprint density at radius 3 is 3.00 bits per heavy atom. The zero-order chi connectivity index (χ0) is 9.71. The standard InChI is InChI=1S/C8H3Cl2N3S/c9-4-1-5(10)7-6(2-4)14-8-12-11-3-13(7)8/h1-3H. The molecule has 3 rings (SSSR count). The molecule has 14 heavy (non-hydrogen) atoms. The van der Waals surface area contributed by atoms with E-state index in [1.54, 1.807) is 12.4 Å². The van der Waals surface area contributed by atoms with Gasteiger partial charge in [0.25, 0.3) is 0 Å². The molecule has 0 saturated carbocycles. The molecule has 6 heteroatoms. The average molecular weight is 244 g/mol. The van der Waals surface area contributed by atoms with Crippen LogP contribution in [0.5, 0.6) is 0 Å². The largest absolute Gasteiger partial charge is 0.271 e. The van der Waals surface area contributed by atoms with Gasteiger partial charge in [-0.1, -0.05) is 34.5 Å². The second-order valence-corrected chi connectivity index (χ2v) is 4.67. The quantitative estimate of drug-likeness (QED) is 0.607. The van der Waals surface area contributed by atoms with Gasteiger partial charge < -0.3 is 0 Å². The van der Waals surface area contributed by atoms with Crippen LogP contribution in [0.25, 0.3) is 15.2 Å². The molecule has 0 saturated heterocycles. The monoisotopic (exact) mass is 243 g/mol. The zero-order valence-electron chi connectivity index (χ0n) is 6.74. The topological polar surface area (TPSA) is 30.2 Å². The first kappa shape index (κ1) is 8.47. The summed E-state index contributed by atoms with van der Waals surface area (Å²) in [4.78, 5) is 0.823. The molecular weight excluding hydrogens is 241 g/mol. The third-order valence-corrected chi connectivity index (χ3v) is 3.45. The second-order valence-electron chi connectivity index (χ2n) is 2.82. The van der Waals surface area contributed by atoms with E-state index in [4.69, 9.17) is 23.2 Å². The summed E-state index contributed by atoms with van der Waals surface area (Å²) in [5.74, 6) is 0. The highest BCUT2D eigenvalue weighted by Crippen LogP contribution is 2.33. The third-order valence-electron chi connectivity index (χ3n) is 1.95. The van der Waals surface area contributed by atoms with Crippen LogP contribution < -0.4 is 0 Å². The van der Waals surface area contributed by atoms with Crippen molar-refractivity contribution in [3.63, 3.8) is 0 Å². The average Bonchev–Trinajstić information content (AvgIpc) is 2.60. The van der Waals surface area contributed by atoms with Crippen LogP contribution in [-0.2, 0) is 0 Å². The van der Waals surface area contributed by atoms with E-state index in [2.05, 4.69) is 10.2 Å². The molecule has 0 amide bonds. The van der Waals surface area contributed by atoms with E-state index < -0.39 is 0 Å². The Morgan fingerprint density at radius 2 is 2.14 bits per heavy atom. The number of fused-ring (bicyclic) bond motifs is 3. The van der Waals surface area contributed by atoms with Crippen molar-refractivity contribution in [2.24, 2.45) is 0 Å². The molecule has 3 nitrogen and oxygen atoms in total. The normalized spacial score (nSPS) is 11.6. The van der Waals surface area contributed by atoms with Gasteiger partial charge in [-0.15, -0.1) is 10.2 Å². The molecule has 70 valence electrons. The fourth-order valence-corrected chi connectivity index (χ4v) is 3.12. The number of rotatable bonds is 0. The van der Waals surface area contributed by atoms with E-state index in [-0.39, 0.29) is 0 Å². The first-order chi connectivity index (χ1) is 6.75. The fraction of sp³-hybridized carbons (Fsp3) is 0. The van der Waals surface area contributed by atoms with Crippen LogP contribution in [0.3, 0.4) is 0 Å². The van der Waals surface area contributed by atoms with Crippen molar-refractivity contribution in [1.82, 2.24) is 14.6 Å². The summed E-state index contributed by atoms with van der Waals surface area (Å²) in [5, 5.41) is 9.03. The Morgan fingerprint density at radius 1 is 1.29 bits per heavy atom. The summed E-state index contributed by atoms with van der Waals surface area (Å²) in [7, 11) is 0. The maximum absolute atomic E-state index is 6.09. The van der Waals surface area contributed by atoms with E-state index in [0.717, 1.165) is 15.2 Å². The Labute approximate surface area is 92.9 Å². The highest BCUT2D eigenvalue weighted by molar-refractivity contribution is 7.23. The van der Waals surface area contributed by atoms with Gasteiger partial charge >= 0.3 is 0 Å². The van der Waals surface area contributed by atoms with Crippen LogP contribution in [0.2, 0.25) is 10.0 Å². The first-order valence-corrected chi connectivity index (χ1v) is 5.40. The lowest BCUT2D eigenvalue weighted by Crippen LogP contribution is -1.78. The summed E-state index contributed by atoms with van der Waals surface area (Å²) in [6.07, 6.45) is 1.65. The summed E-state index contributed by atoms with van der Waals surface area (Å²) in [6.45, 7) is 0. The minimum Gasteiger partial charge on any atom is -0.271 e. The number of thiazole rings is 1. The summed E-state index contributed by atoms with van der Waals surface area (Å²) < 4.78 is 2.88. The highest BCUT2D eigenvalue weighted by atomic mass is 35.5. The molecule has 1 aromatic carbocycles. The SMILES string of the molecule is Clc1cc(Cl)c2c(c1)sc1nncn12. The van der Waals surface area contributed by atoms with Gasteiger partial charge in [0.15, 0.2) is 0 Å². The number of hydrogen-bond donors (Lipinski definition) is 0. The van der Waals surface area contributed by atoms with Gasteiger partial charge in [0.05, 0.1) is 15.2 Å². The molecule has 2 heterocycles. The van der Waals surface area contributed by atoms with Gasteiger partial charge in [-0.25, -0.2) is 0 Å². The lowest BCUT2D eigenvalue weighted by Gasteiger charge is -1.95. The fourth-order valence-electron chi connectivity index (χ4n) is 1.40. The molecule has 0 bridgehead atoms. The number of hydrogen-bond acceptors (Lipinski definition) is 3. The second kappa shape index (κ2) is 2.82. The van der Waals surface area contributed by atoms with Crippen molar-refractivity contribution in [3.8, 4) is 0 Å². The predicted octanol–water partition coefficient (Wildman–Crippen LogP) is 3.25. The van der Waals surface area contributed by atoms with Gasteiger partial charge in [0.1, 0.15) is 6.33 Å². The maximum atomic E-state index is 6.09. The van der Waals surface area contributed by atoms with Crippen molar-refractivity contribution in [2.75, 3.05) is 0 Å². The molecule has 0 fully saturated rings. The molecule has 0 aliphatic heterocycles. The van der Waals surface area contributed by atoms with E-state index in [9.17, 15) is 0 Å². The Kier molecular flexibility index (Phi) is 1.71. The van der Waals surface area contributed by atoms with Crippen molar-refractivity contribution in [1.29, 1.82) is 0 Å². The molecule has 0 N–H and O–H groups in total. The molecule has 0 aliphatic rings.